The van der Waals surface area contributed by atoms with Crippen LogP contribution in [0.1, 0.15) is 31.4 Å². The number of fused-ring (bicyclic) bond motifs is 2. The Morgan fingerprint density at radius 1 is 1.25 bits per heavy atom. The molecule has 1 aliphatic heterocycles. The van der Waals surface area contributed by atoms with Crippen LogP contribution in [0.2, 0.25) is 0 Å². The molecule has 2 aliphatic rings. The summed E-state index contributed by atoms with van der Waals surface area (Å²) in [6.45, 7) is 3.18. The largest absolute Gasteiger partial charge is 0.298 e. The van der Waals surface area contributed by atoms with Crippen LogP contribution in [0.4, 0.5) is 0 Å². The van der Waals surface area contributed by atoms with E-state index in [0.717, 1.165) is 19.4 Å². The van der Waals surface area contributed by atoms with Gasteiger partial charge in [0.05, 0.1) is 6.04 Å². The fourth-order valence-electron chi connectivity index (χ4n) is 3.16. The predicted octanol–water partition coefficient (Wildman–Crippen LogP) is 2.41. The third kappa shape index (κ3) is 1.40. The molecule has 0 spiro atoms. The highest BCUT2D eigenvalue weighted by Gasteiger charge is 2.47. The summed E-state index contributed by atoms with van der Waals surface area (Å²) < 4.78 is 0. The van der Waals surface area contributed by atoms with Gasteiger partial charge in [-0.05, 0) is 25.3 Å². The summed E-state index contributed by atoms with van der Waals surface area (Å²) in [6, 6.07) is 11.1. The topological polar surface area (TPSA) is 20.3 Å². The average Bonchev–Trinajstić information content (AvgIpc) is 2.85. The molecule has 1 saturated carbocycles. The molecule has 16 heavy (non-hydrogen) atoms. The number of ketones is 1. The second-order valence-electron chi connectivity index (χ2n) is 4.98. The third-order valence-corrected chi connectivity index (χ3v) is 4.13. The van der Waals surface area contributed by atoms with Crippen LogP contribution >= 0.6 is 0 Å². The van der Waals surface area contributed by atoms with Crippen molar-refractivity contribution in [2.45, 2.75) is 31.8 Å². The van der Waals surface area contributed by atoms with Gasteiger partial charge in [0.1, 0.15) is 0 Å². The number of benzene rings is 1. The molecule has 0 amide bonds. The van der Waals surface area contributed by atoms with Gasteiger partial charge < -0.3 is 0 Å². The quantitative estimate of drug-likeness (QED) is 0.755. The van der Waals surface area contributed by atoms with Crippen LogP contribution in [-0.4, -0.2) is 23.3 Å². The Hall–Kier alpha value is -1.15. The van der Waals surface area contributed by atoms with E-state index in [9.17, 15) is 4.79 Å². The van der Waals surface area contributed by atoms with E-state index in [0.29, 0.717) is 17.7 Å². The lowest BCUT2D eigenvalue weighted by molar-refractivity contribution is -0.120. The molecule has 3 rings (SSSR count). The highest BCUT2D eigenvalue weighted by atomic mass is 16.1. The highest BCUT2D eigenvalue weighted by molar-refractivity contribution is 5.90. The minimum absolute atomic E-state index is 0.209. The number of carbonyl (C=O) groups is 1. The first-order valence-electron chi connectivity index (χ1n) is 6.12. The molecule has 0 unspecified atom stereocenters. The van der Waals surface area contributed by atoms with E-state index in [4.69, 9.17) is 0 Å². The van der Waals surface area contributed by atoms with Gasteiger partial charge in [0.25, 0.3) is 0 Å². The van der Waals surface area contributed by atoms with E-state index in [2.05, 4.69) is 36.1 Å². The smallest absolute Gasteiger partial charge is 0.154 e. The van der Waals surface area contributed by atoms with Crippen molar-refractivity contribution in [3.8, 4) is 0 Å². The molecular formula is C14H17NO. The molecule has 1 aromatic rings. The lowest BCUT2D eigenvalue weighted by Crippen LogP contribution is -2.35. The highest BCUT2D eigenvalue weighted by Crippen LogP contribution is 2.39. The first-order chi connectivity index (χ1) is 7.77. The minimum atomic E-state index is 0.209. The van der Waals surface area contributed by atoms with E-state index < -0.39 is 0 Å². The summed E-state index contributed by atoms with van der Waals surface area (Å²) in [5, 5.41) is 0. The number of hydrogen-bond acceptors (Lipinski definition) is 2. The fourth-order valence-corrected chi connectivity index (χ4v) is 3.16. The number of hydrogen-bond donors (Lipinski definition) is 0. The van der Waals surface area contributed by atoms with Crippen molar-refractivity contribution in [3.63, 3.8) is 0 Å². The average molecular weight is 215 g/mol. The van der Waals surface area contributed by atoms with Crippen molar-refractivity contribution in [2.75, 3.05) is 6.54 Å². The molecule has 2 nitrogen and oxygen atoms in total. The zero-order valence-corrected chi connectivity index (χ0v) is 9.60. The summed E-state index contributed by atoms with van der Waals surface area (Å²) in [4.78, 5) is 14.3. The van der Waals surface area contributed by atoms with E-state index >= 15 is 0 Å². The van der Waals surface area contributed by atoms with Gasteiger partial charge in [0.15, 0.2) is 5.78 Å². The molecular weight excluding hydrogens is 198 g/mol. The second kappa shape index (κ2) is 3.70. The monoisotopic (exact) mass is 215 g/mol. The molecule has 2 fully saturated rings. The summed E-state index contributed by atoms with van der Waals surface area (Å²) in [7, 11) is 0. The van der Waals surface area contributed by atoms with Crippen LogP contribution in [0.3, 0.4) is 0 Å². The van der Waals surface area contributed by atoms with Crippen molar-refractivity contribution in [1.29, 1.82) is 0 Å². The summed E-state index contributed by atoms with van der Waals surface area (Å²) in [5.74, 6) is 0.818. The number of rotatable bonds is 2. The van der Waals surface area contributed by atoms with E-state index in [1.165, 1.54) is 5.56 Å². The zero-order chi connectivity index (χ0) is 11.1. The SMILES string of the molecule is C[C@@H](c1ccccc1)N1C[C@H]2CC[C@@H]1C2=O. The Morgan fingerprint density at radius 3 is 2.56 bits per heavy atom. The van der Waals surface area contributed by atoms with E-state index in [1.807, 2.05) is 6.07 Å². The number of piperidine rings is 1. The Morgan fingerprint density at radius 2 is 2.00 bits per heavy atom. The predicted molar refractivity (Wildman–Crippen MR) is 63.1 cm³/mol. The lowest BCUT2D eigenvalue weighted by atomic mass is 10.0. The van der Waals surface area contributed by atoms with Gasteiger partial charge in [0, 0.05) is 18.5 Å². The Bertz CT molecular complexity index is 400. The molecule has 2 bridgehead atoms. The van der Waals surface area contributed by atoms with Crippen molar-refractivity contribution < 1.29 is 4.79 Å². The third-order valence-electron chi connectivity index (χ3n) is 4.13. The molecule has 1 saturated heterocycles. The Labute approximate surface area is 96.3 Å². The van der Waals surface area contributed by atoms with Crippen LogP contribution in [0, 0.1) is 5.92 Å². The second-order valence-corrected chi connectivity index (χ2v) is 4.98. The molecule has 1 aromatic carbocycles. The molecule has 1 heterocycles. The molecule has 0 radical (unpaired) electrons. The van der Waals surface area contributed by atoms with Gasteiger partial charge in [-0.1, -0.05) is 30.3 Å². The van der Waals surface area contributed by atoms with Gasteiger partial charge >= 0.3 is 0 Å². The zero-order valence-electron chi connectivity index (χ0n) is 9.60. The number of Topliss-reactive ketones (excluding diaryl/α,β-unsaturated/α-hetero) is 1. The fraction of sp³-hybridized carbons (Fsp3) is 0.500. The summed E-state index contributed by atoms with van der Waals surface area (Å²) in [6.07, 6.45) is 2.18. The maximum Gasteiger partial charge on any atom is 0.154 e. The van der Waals surface area contributed by atoms with Crippen molar-refractivity contribution >= 4 is 5.78 Å². The molecule has 0 N–H and O–H groups in total. The first-order valence-corrected chi connectivity index (χ1v) is 6.12. The van der Waals surface area contributed by atoms with Crippen LogP contribution < -0.4 is 0 Å². The van der Waals surface area contributed by atoms with Gasteiger partial charge in [-0.15, -0.1) is 0 Å². The molecule has 3 atom stereocenters. The van der Waals surface area contributed by atoms with E-state index in [1.54, 1.807) is 0 Å². The summed E-state index contributed by atoms with van der Waals surface area (Å²) >= 11 is 0. The van der Waals surface area contributed by atoms with Gasteiger partial charge in [-0.25, -0.2) is 0 Å². The van der Waals surface area contributed by atoms with Crippen molar-refractivity contribution in [2.24, 2.45) is 5.92 Å². The maximum absolute atomic E-state index is 11.9. The standard InChI is InChI=1S/C14H17NO/c1-10(11-5-3-2-4-6-11)15-9-12-7-8-13(15)14(12)16/h2-6,10,12-13H,7-9H2,1H3/t10-,12+,13+/m0/s1. The normalized spacial score (nSPS) is 30.9. The molecule has 84 valence electrons. The van der Waals surface area contributed by atoms with Crippen molar-refractivity contribution in [3.05, 3.63) is 35.9 Å². The maximum atomic E-state index is 11.9. The summed E-state index contributed by atoms with van der Waals surface area (Å²) in [5.41, 5.74) is 1.32. The van der Waals surface area contributed by atoms with Crippen LogP contribution in [0.5, 0.6) is 0 Å². The van der Waals surface area contributed by atoms with E-state index in [-0.39, 0.29) is 6.04 Å². The van der Waals surface area contributed by atoms with Gasteiger partial charge in [-0.2, -0.15) is 0 Å². The lowest BCUT2D eigenvalue weighted by Gasteiger charge is -2.31. The van der Waals surface area contributed by atoms with Crippen molar-refractivity contribution in [1.82, 2.24) is 4.90 Å². The first kappa shape index (κ1) is 10.0. The van der Waals surface area contributed by atoms with Crippen LogP contribution in [0.15, 0.2) is 30.3 Å². The Balaban J connectivity index is 1.82. The number of nitrogens with zero attached hydrogens (tertiary/aromatic N) is 1. The molecule has 1 aliphatic carbocycles. The number of likely N-dealkylation sites (tertiary alicyclic amines) is 1. The molecule has 0 aromatic heterocycles. The van der Waals surface area contributed by atoms with Gasteiger partial charge in [-0.3, -0.25) is 9.69 Å². The number of carbonyl (C=O) groups excluding carboxylic acids is 1. The van der Waals surface area contributed by atoms with Gasteiger partial charge in [0.2, 0.25) is 0 Å². The Kier molecular flexibility index (Phi) is 2.32. The minimum Gasteiger partial charge on any atom is -0.298 e. The molecule has 2 heteroatoms. The van der Waals surface area contributed by atoms with Crippen LogP contribution in [-0.2, 0) is 4.79 Å². The van der Waals surface area contributed by atoms with Crippen LogP contribution in [0.25, 0.3) is 0 Å².